The van der Waals surface area contributed by atoms with Gasteiger partial charge in [0, 0.05) is 54.6 Å². The lowest BCUT2D eigenvalue weighted by atomic mass is 9.99. The number of hydrogen-bond donors (Lipinski definition) is 0. The minimum absolute atomic E-state index is 0.161. The summed E-state index contributed by atoms with van der Waals surface area (Å²) in [4.78, 5) is 24.5. The lowest BCUT2D eigenvalue weighted by Crippen LogP contribution is -2.35. The summed E-state index contributed by atoms with van der Waals surface area (Å²) >= 11 is 0. The first-order chi connectivity index (χ1) is 17.5. The number of anilines is 1. The highest BCUT2D eigenvalue weighted by molar-refractivity contribution is 5.94. The van der Waals surface area contributed by atoms with Crippen LogP contribution in [0.2, 0.25) is 0 Å². The molecular weight excluding hydrogens is 465 g/mol. The number of hydrogen-bond acceptors (Lipinski definition) is 6. The van der Waals surface area contributed by atoms with Gasteiger partial charge in [-0.2, -0.15) is 4.39 Å². The number of halogens is 3. The summed E-state index contributed by atoms with van der Waals surface area (Å²) in [6, 6.07) is 3.92. The van der Waals surface area contributed by atoms with Crippen molar-refractivity contribution in [1.82, 2.24) is 24.9 Å². The zero-order valence-corrected chi connectivity index (χ0v) is 19.9. The molecule has 9 heteroatoms. The maximum Gasteiger partial charge on any atom is 0.216 e. The smallest absolute Gasteiger partial charge is 0.216 e. The van der Waals surface area contributed by atoms with Gasteiger partial charge < -0.3 is 4.90 Å². The second kappa shape index (κ2) is 9.11. The van der Waals surface area contributed by atoms with Crippen LogP contribution in [0.4, 0.5) is 19.0 Å². The molecule has 1 saturated heterocycles. The summed E-state index contributed by atoms with van der Waals surface area (Å²) in [6.45, 7) is 4.12. The highest BCUT2D eigenvalue weighted by Crippen LogP contribution is 2.45. The number of rotatable bonds is 5. The van der Waals surface area contributed by atoms with Crippen LogP contribution in [0.3, 0.4) is 0 Å². The van der Waals surface area contributed by atoms with E-state index in [0.29, 0.717) is 35.0 Å². The molecule has 4 aromatic rings. The Bertz CT molecular complexity index is 1460. The third-order valence-electron chi connectivity index (χ3n) is 6.96. The summed E-state index contributed by atoms with van der Waals surface area (Å²) in [5.74, 6) is -1.02. The Morgan fingerprint density at radius 1 is 1.03 bits per heavy atom. The van der Waals surface area contributed by atoms with Crippen molar-refractivity contribution in [2.75, 3.05) is 18.0 Å². The van der Waals surface area contributed by atoms with Gasteiger partial charge in [0.05, 0.1) is 17.4 Å². The Balaban J connectivity index is 1.44. The molecule has 0 amide bonds. The molecule has 0 bridgehead atoms. The number of pyridine rings is 3. The van der Waals surface area contributed by atoms with Crippen molar-refractivity contribution in [3.05, 3.63) is 71.3 Å². The van der Waals surface area contributed by atoms with Gasteiger partial charge in [-0.25, -0.2) is 23.7 Å². The van der Waals surface area contributed by atoms with E-state index in [4.69, 9.17) is 9.97 Å². The maximum absolute atomic E-state index is 14.2. The molecule has 0 aromatic carbocycles. The molecule has 6 rings (SSSR count). The van der Waals surface area contributed by atoms with E-state index in [1.807, 2.05) is 6.20 Å². The van der Waals surface area contributed by atoms with Gasteiger partial charge in [-0.1, -0.05) is 6.92 Å². The number of piperidine rings is 1. The van der Waals surface area contributed by atoms with Gasteiger partial charge in [-0.3, -0.25) is 9.97 Å². The third-order valence-corrected chi connectivity index (χ3v) is 6.96. The zero-order chi connectivity index (χ0) is 24.8. The van der Waals surface area contributed by atoms with Crippen molar-refractivity contribution in [2.45, 2.75) is 44.9 Å². The SMILES string of the molecule is C[C@@H]1CCCN(c2nc(-c3ccnc(Cc4nc(F)cc(F)c4F)c3)nc3cncc(C4CC4)c23)C1. The van der Waals surface area contributed by atoms with Gasteiger partial charge in [-0.15, -0.1) is 0 Å². The predicted octanol–water partition coefficient (Wildman–Crippen LogP) is 5.60. The molecule has 184 valence electrons. The fraction of sp³-hybridized carbons (Fsp3) is 0.370. The highest BCUT2D eigenvalue weighted by atomic mass is 19.2. The van der Waals surface area contributed by atoms with Gasteiger partial charge >= 0.3 is 0 Å². The first-order valence-electron chi connectivity index (χ1n) is 12.3. The lowest BCUT2D eigenvalue weighted by molar-refractivity contribution is 0.445. The lowest BCUT2D eigenvalue weighted by Gasteiger charge is -2.33. The van der Waals surface area contributed by atoms with Crippen molar-refractivity contribution in [3.8, 4) is 11.4 Å². The monoisotopic (exact) mass is 490 g/mol. The third kappa shape index (κ3) is 4.38. The maximum atomic E-state index is 14.2. The fourth-order valence-electron chi connectivity index (χ4n) is 5.05. The molecule has 1 aliphatic carbocycles. The zero-order valence-electron chi connectivity index (χ0n) is 19.9. The topological polar surface area (TPSA) is 67.7 Å². The van der Waals surface area contributed by atoms with Crippen LogP contribution in [0, 0.1) is 23.5 Å². The molecule has 2 fully saturated rings. The van der Waals surface area contributed by atoms with Gasteiger partial charge in [0.15, 0.2) is 17.5 Å². The average Bonchev–Trinajstić information content (AvgIpc) is 3.72. The Morgan fingerprint density at radius 3 is 2.69 bits per heavy atom. The Hall–Kier alpha value is -3.62. The van der Waals surface area contributed by atoms with Crippen LogP contribution < -0.4 is 4.90 Å². The summed E-state index contributed by atoms with van der Waals surface area (Å²) in [7, 11) is 0. The van der Waals surface area contributed by atoms with E-state index in [-0.39, 0.29) is 12.1 Å². The van der Waals surface area contributed by atoms with Crippen LogP contribution in [0.1, 0.15) is 55.5 Å². The molecule has 5 heterocycles. The van der Waals surface area contributed by atoms with Crippen molar-refractivity contribution in [1.29, 1.82) is 0 Å². The summed E-state index contributed by atoms with van der Waals surface area (Å²) in [6.07, 6.45) is 9.73. The van der Waals surface area contributed by atoms with Gasteiger partial charge in [-0.05, 0) is 55.2 Å². The Morgan fingerprint density at radius 2 is 1.89 bits per heavy atom. The summed E-state index contributed by atoms with van der Waals surface area (Å²) in [5.41, 5.74) is 2.75. The van der Waals surface area contributed by atoms with Crippen molar-refractivity contribution in [3.63, 3.8) is 0 Å². The molecule has 0 unspecified atom stereocenters. The van der Waals surface area contributed by atoms with Gasteiger partial charge in [0.25, 0.3) is 0 Å². The summed E-state index contributed by atoms with van der Waals surface area (Å²) in [5, 5.41) is 1.07. The fourth-order valence-corrected chi connectivity index (χ4v) is 5.05. The quantitative estimate of drug-likeness (QED) is 0.339. The first-order valence-corrected chi connectivity index (χ1v) is 12.3. The predicted molar refractivity (Wildman–Crippen MR) is 130 cm³/mol. The van der Waals surface area contributed by atoms with Gasteiger partial charge in [0.2, 0.25) is 5.95 Å². The van der Waals surface area contributed by atoms with E-state index in [9.17, 15) is 13.2 Å². The van der Waals surface area contributed by atoms with E-state index in [0.717, 1.165) is 49.1 Å². The summed E-state index contributed by atoms with van der Waals surface area (Å²) < 4.78 is 41.4. The van der Waals surface area contributed by atoms with Crippen LogP contribution in [-0.2, 0) is 6.42 Å². The van der Waals surface area contributed by atoms with Crippen molar-refractivity contribution < 1.29 is 13.2 Å². The number of aromatic nitrogens is 5. The minimum Gasteiger partial charge on any atom is -0.356 e. The molecule has 1 aliphatic heterocycles. The van der Waals surface area contributed by atoms with E-state index in [1.165, 1.54) is 12.0 Å². The molecule has 4 aromatic heterocycles. The van der Waals surface area contributed by atoms with Crippen LogP contribution in [0.25, 0.3) is 22.3 Å². The van der Waals surface area contributed by atoms with E-state index in [2.05, 4.69) is 26.8 Å². The first kappa shape index (κ1) is 22.8. The standard InChI is InChI=1S/C27H25F3N6/c1-15-3-2-8-36(14-15)27-24-19(16-4-5-16)12-31-13-22(24)34-26(35-27)17-6-7-32-18(9-17)10-21-25(30)20(28)11-23(29)33-21/h6-7,9,11-13,15-16H,2-5,8,10,14H2,1H3/t15-/m1/s1. The molecule has 0 spiro atoms. The molecule has 6 nitrogen and oxygen atoms in total. The molecular formula is C27H25F3N6. The minimum atomic E-state index is -1.27. The Kier molecular flexibility index (Phi) is 5.78. The molecule has 36 heavy (non-hydrogen) atoms. The molecule has 1 atom stereocenters. The van der Waals surface area contributed by atoms with Gasteiger partial charge in [0.1, 0.15) is 5.82 Å². The molecule has 1 saturated carbocycles. The normalized spacial score (nSPS) is 18.1. The van der Waals surface area contributed by atoms with Crippen LogP contribution in [0.15, 0.2) is 36.8 Å². The van der Waals surface area contributed by atoms with E-state index < -0.39 is 17.6 Å². The number of fused-ring (bicyclic) bond motifs is 1. The molecule has 0 radical (unpaired) electrons. The van der Waals surface area contributed by atoms with E-state index >= 15 is 0 Å². The van der Waals surface area contributed by atoms with Crippen LogP contribution in [-0.4, -0.2) is 38.0 Å². The number of nitrogens with zero attached hydrogens (tertiary/aromatic N) is 6. The highest BCUT2D eigenvalue weighted by Gasteiger charge is 2.30. The van der Waals surface area contributed by atoms with E-state index in [1.54, 1.807) is 24.5 Å². The molecule has 2 aliphatic rings. The van der Waals surface area contributed by atoms with Crippen LogP contribution in [0.5, 0.6) is 0 Å². The van der Waals surface area contributed by atoms with Crippen molar-refractivity contribution >= 4 is 16.7 Å². The molecule has 0 N–H and O–H groups in total. The Labute approximate surface area is 206 Å². The van der Waals surface area contributed by atoms with Crippen LogP contribution >= 0.6 is 0 Å². The van der Waals surface area contributed by atoms with Crippen molar-refractivity contribution in [2.24, 2.45) is 5.92 Å². The average molecular weight is 491 g/mol. The second-order valence-corrected chi connectivity index (χ2v) is 9.86. The second-order valence-electron chi connectivity index (χ2n) is 9.86. The largest absolute Gasteiger partial charge is 0.356 e.